The van der Waals surface area contributed by atoms with Crippen molar-refractivity contribution < 1.29 is 14.3 Å². The van der Waals surface area contributed by atoms with E-state index in [2.05, 4.69) is 19.9 Å². The van der Waals surface area contributed by atoms with Crippen LogP contribution in [0.1, 0.15) is 35.7 Å². The number of ether oxygens (including phenoxy) is 2. The van der Waals surface area contributed by atoms with Crippen molar-refractivity contribution in [2.75, 3.05) is 13.9 Å². The predicted molar refractivity (Wildman–Crippen MR) is 75.9 cm³/mol. The van der Waals surface area contributed by atoms with Crippen LogP contribution in [-0.4, -0.2) is 20.2 Å². The average molecular weight is 258 g/mol. The van der Waals surface area contributed by atoms with Gasteiger partial charge in [0.2, 0.25) is 0 Å². The van der Waals surface area contributed by atoms with Crippen molar-refractivity contribution in [3.05, 3.63) is 41.5 Å². The highest BCUT2D eigenvalue weighted by molar-refractivity contribution is 5.98. The summed E-state index contributed by atoms with van der Waals surface area (Å²) in [4.78, 5) is 11.2. The summed E-state index contributed by atoms with van der Waals surface area (Å²) in [6.45, 7) is 4.39. The van der Waals surface area contributed by atoms with Crippen LogP contribution in [0.2, 0.25) is 0 Å². The van der Waals surface area contributed by atoms with E-state index in [1.807, 2.05) is 18.2 Å². The number of benzene rings is 2. The molecule has 3 heteroatoms. The van der Waals surface area contributed by atoms with Gasteiger partial charge in [-0.05, 0) is 22.9 Å². The molecule has 0 N–H and O–H groups in total. The van der Waals surface area contributed by atoms with Crippen LogP contribution in [-0.2, 0) is 4.74 Å². The van der Waals surface area contributed by atoms with Crippen LogP contribution < -0.4 is 4.74 Å². The third-order valence-corrected chi connectivity index (χ3v) is 3.13. The minimum Gasteiger partial charge on any atom is -0.466 e. The maximum absolute atomic E-state index is 11.2. The smallest absolute Gasteiger partial charge is 0.188 e. The Hall–Kier alpha value is -1.87. The Bertz CT molecular complexity index is 588. The molecule has 0 atom stereocenters. The minimum absolute atomic E-state index is 0.131. The van der Waals surface area contributed by atoms with Crippen molar-refractivity contribution in [3.8, 4) is 5.75 Å². The highest BCUT2D eigenvalue weighted by atomic mass is 16.7. The summed E-state index contributed by atoms with van der Waals surface area (Å²) in [5.74, 6) is 0.967. The number of carbonyl (C=O) groups is 1. The molecule has 0 aliphatic heterocycles. The zero-order chi connectivity index (χ0) is 13.8. The maximum Gasteiger partial charge on any atom is 0.188 e. The molecular formula is C16H18O3. The largest absolute Gasteiger partial charge is 0.466 e. The van der Waals surface area contributed by atoms with Gasteiger partial charge in [-0.25, -0.2) is 0 Å². The third kappa shape index (κ3) is 2.61. The molecule has 3 nitrogen and oxygen atoms in total. The molecule has 0 aliphatic rings. The van der Waals surface area contributed by atoms with E-state index < -0.39 is 0 Å². The molecule has 0 bridgehead atoms. The lowest BCUT2D eigenvalue weighted by Crippen LogP contribution is -2.03. The summed E-state index contributed by atoms with van der Waals surface area (Å²) in [6, 6.07) is 9.85. The zero-order valence-electron chi connectivity index (χ0n) is 11.5. The monoisotopic (exact) mass is 258 g/mol. The normalized spacial score (nSPS) is 10.9. The maximum atomic E-state index is 11.2. The highest BCUT2D eigenvalue weighted by Gasteiger charge is 2.14. The first-order valence-corrected chi connectivity index (χ1v) is 6.31. The molecule has 0 saturated carbocycles. The molecule has 0 radical (unpaired) electrons. The van der Waals surface area contributed by atoms with E-state index in [4.69, 9.17) is 9.47 Å². The lowest BCUT2D eigenvalue weighted by molar-refractivity contribution is 0.0516. The number of hydrogen-bond acceptors (Lipinski definition) is 3. The highest BCUT2D eigenvalue weighted by Crippen LogP contribution is 2.35. The van der Waals surface area contributed by atoms with Crippen molar-refractivity contribution in [3.63, 3.8) is 0 Å². The molecule has 2 aromatic carbocycles. The molecule has 19 heavy (non-hydrogen) atoms. The zero-order valence-corrected chi connectivity index (χ0v) is 11.5. The summed E-state index contributed by atoms with van der Waals surface area (Å²) in [5, 5.41) is 2.07. The third-order valence-electron chi connectivity index (χ3n) is 3.13. The molecule has 0 unspecified atom stereocenters. The fourth-order valence-electron chi connectivity index (χ4n) is 2.24. The van der Waals surface area contributed by atoms with Crippen LogP contribution in [0, 0.1) is 0 Å². The Balaban J connectivity index is 2.73. The molecule has 0 amide bonds. The summed E-state index contributed by atoms with van der Waals surface area (Å²) in [6.07, 6.45) is 0.821. The average Bonchev–Trinajstić information content (AvgIpc) is 2.43. The predicted octanol–water partition coefficient (Wildman–Crippen LogP) is 3.76. The van der Waals surface area contributed by atoms with Gasteiger partial charge in [0.15, 0.2) is 13.1 Å². The summed E-state index contributed by atoms with van der Waals surface area (Å²) < 4.78 is 10.6. The van der Waals surface area contributed by atoms with Crippen LogP contribution in [0.3, 0.4) is 0 Å². The first-order valence-electron chi connectivity index (χ1n) is 6.31. The standard InChI is InChI=1S/C16H18O3/c1-11(2)14-6-4-5-12-7-8-13(9-17)16(15(12)14)19-10-18-3/h4-9,11H,10H2,1-3H3. The number of hydrogen-bond donors (Lipinski definition) is 0. The lowest BCUT2D eigenvalue weighted by Gasteiger charge is -2.16. The Kier molecular flexibility index (Phi) is 4.17. The lowest BCUT2D eigenvalue weighted by atomic mass is 9.94. The van der Waals surface area contributed by atoms with E-state index in [1.54, 1.807) is 13.2 Å². The molecule has 0 aliphatic carbocycles. The van der Waals surface area contributed by atoms with Gasteiger partial charge < -0.3 is 9.47 Å². The van der Waals surface area contributed by atoms with E-state index in [0.29, 0.717) is 17.2 Å². The SMILES string of the molecule is COCOc1c(C=O)ccc2cccc(C(C)C)c12. The van der Waals surface area contributed by atoms with Gasteiger partial charge in [0.1, 0.15) is 5.75 Å². The van der Waals surface area contributed by atoms with Crippen molar-refractivity contribution in [1.29, 1.82) is 0 Å². The second kappa shape index (κ2) is 5.85. The quantitative estimate of drug-likeness (QED) is 0.605. The Morgan fingerprint density at radius 2 is 2.00 bits per heavy atom. The molecule has 0 spiro atoms. The summed E-state index contributed by atoms with van der Waals surface area (Å²) in [5.41, 5.74) is 1.73. The molecular weight excluding hydrogens is 240 g/mol. The van der Waals surface area contributed by atoms with Crippen LogP contribution in [0.25, 0.3) is 10.8 Å². The molecule has 0 heterocycles. The van der Waals surface area contributed by atoms with Gasteiger partial charge in [0, 0.05) is 12.5 Å². The second-order valence-corrected chi connectivity index (χ2v) is 4.75. The number of rotatable bonds is 5. The van der Waals surface area contributed by atoms with Crippen molar-refractivity contribution in [1.82, 2.24) is 0 Å². The first kappa shape index (κ1) is 13.6. The number of aldehydes is 1. The van der Waals surface area contributed by atoms with E-state index in [0.717, 1.165) is 17.1 Å². The second-order valence-electron chi connectivity index (χ2n) is 4.75. The molecule has 2 aromatic rings. The Morgan fingerprint density at radius 3 is 2.63 bits per heavy atom. The van der Waals surface area contributed by atoms with E-state index in [1.165, 1.54) is 5.56 Å². The number of fused-ring (bicyclic) bond motifs is 1. The Labute approximate surface area is 113 Å². The van der Waals surface area contributed by atoms with Gasteiger partial charge in [-0.2, -0.15) is 0 Å². The van der Waals surface area contributed by atoms with Crippen molar-refractivity contribution >= 4 is 17.1 Å². The molecule has 0 saturated heterocycles. The van der Waals surface area contributed by atoms with Gasteiger partial charge in [-0.1, -0.05) is 38.1 Å². The molecule has 100 valence electrons. The summed E-state index contributed by atoms with van der Waals surface area (Å²) >= 11 is 0. The molecule has 0 aromatic heterocycles. The fourth-order valence-corrected chi connectivity index (χ4v) is 2.24. The summed E-state index contributed by atoms with van der Waals surface area (Å²) in [7, 11) is 1.56. The van der Waals surface area contributed by atoms with E-state index in [9.17, 15) is 4.79 Å². The topological polar surface area (TPSA) is 35.5 Å². The fraction of sp³-hybridized carbons (Fsp3) is 0.312. The van der Waals surface area contributed by atoms with Crippen LogP contribution in [0.15, 0.2) is 30.3 Å². The van der Waals surface area contributed by atoms with Crippen LogP contribution in [0.4, 0.5) is 0 Å². The first-order chi connectivity index (χ1) is 9.19. The van der Waals surface area contributed by atoms with E-state index in [-0.39, 0.29) is 6.79 Å². The van der Waals surface area contributed by atoms with Crippen LogP contribution >= 0.6 is 0 Å². The van der Waals surface area contributed by atoms with Crippen molar-refractivity contribution in [2.45, 2.75) is 19.8 Å². The van der Waals surface area contributed by atoms with E-state index >= 15 is 0 Å². The molecule has 2 rings (SSSR count). The molecule has 0 fully saturated rings. The van der Waals surface area contributed by atoms with Gasteiger partial charge >= 0.3 is 0 Å². The van der Waals surface area contributed by atoms with Gasteiger partial charge in [-0.15, -0.1) is 0 Å². The number of carbonyl (C=O) groups excluding carboxylic acids is 1. The van der Waals surface area contributed by atoms with Crippen LogP contribution in [0.5, 0.6) is 5.75 Å². The minimum atomic E-state index is 0.131. The van der Waals surface area contributed by atoms with Crippen molar-refractivity contribution in [2.24, 2.45) is 0 Å². The van der Waals surface area contributed by atoms with Gasteiger partial charge in [-0.3, -0.25) is 4.79 Å². The Morgan fingerprint density at radius 1 is 1.21 bits per heavy atom. The number of methoxy groups -OCH3 is 1. The van der Waals surface area contributed by atoms with Gasteiger partial charge in [0.05, 0.1) is 5.56 Å². The van der Waals surface area contributed by atoms with Gasteiger partial charge in [0.25, 0.3) is 0 Å².